The molecule has 1 heterocycles. The number of nitrogens with zero attached hydrogens (tertiary/aromatic N) is 1. The molecule has 0 saturated heterocycles. The molecule has 0 radical (unpaired) electrons. The molecule has 0 spiro atoms. The van der Waals surface area contributed by atoms with Gasteiger partial charge in [0.25, 0.3) is 10.1 Å². The van der Waals surface area contributed by atoms with Gasteiger partial charge in [-0.25, -0.2) is 0 Å². The molecule has 1 aromatic heterocycles. The van der Waals surface area contributed by atoms with Gasteiger partial charge in [0.05, 0.1) is 5.75 Å². The van der Waals surface area contributed by atoms with E-state index >= 15 is 0 Å². The lowest BCUT2D eigenvalue weighted by Crippen LogP contribution is -2.06. The van der Waals surface area contributed by atoms with Gasteiger partial charge in [0.1, 0.15) is 0 Å². The van der Waals surface area contributed by atoms with Gasteiger partial charge in [0, 0.05) is 18.9 Å². The van der Waals surface area contributed by atoms with Crippen LogP contribution in [0.3, 0.4) is 0 Å². The normalized spacial score (nSPS) is 11.5. The van der Waals surface area contributed by atoms with Crippen molar-refractivity contribution in [2.75, 3.05) is 5.75 Å². The van der Waals surface area contributed by atoms with Crippen LogP contribution >= 0.6 is 0 Å². The first-order valence-corrected chi connectivity index (χ1v) is 5.85. The fourth-order valence-electron chi connectivity index (χ4n) is 1.15. The summed E-state index contributed by atoms with van der Waals surface area (Å²) in [6.07, 6.45) is 5.85. The molecule has 0 fully saturated rings. The van der Waals surface area contributed by atoms with E-state index in [9.17, 15) is 8.42 Å². The molecule has 1 rings (SSSR count). The Hall–Kier alpha value is -1.07. The van der Waals surface area contributed by atoms with Crippen molar-refractivity contribution >= 4 is 16.2 Å². The van der Waals surface area contributed by atoms with Crippen molar-refractivity contribution < 1.29 is 13.0 Å². The maximum atomic E-state index is 10.4. The number of hydrogen-bond donors (Lipinski definition) is 1. The van der Waals surface area contributed by atoms with E-state index in [0.29, 0.717) is 13.0 Å². The van der Waals surface area contributed by atoms with Gasteiger partial charge in [-0.2, -0.15) is 8.42 Å². The van der Waals surface area contributed by atoms with Crippen molar-refractivity contribution in [2.45, 2.75) is 13.0 Å². The lowest BCUT2D eigenvalue weighted by molar-refractivity contribution is 0.478. The minimum atomic E-state index is -3.83. The van der Waals surface area contributed by atoms with Crippen LogP contribution in [0.15, 0.2) is 25.0 Å². The maximum Gasteiger partial charge on any atom is 0.264 e. The third-order valence-electron chi connectivity index (χ3n) is 1.83. The van der Waals surface area contributed by atoms with E-state index in [-0.39, 0.29) is 5.75 Å². The Morgan fingerprint density at radius 3 is 2.79 bits per heavy atom. The first-order valence-electron chi connectivity index (χ1n) is 4.24. The van der Waals surface area contributed by atoms with Crippen LogP contribution in [0, 0.1) is 0 Å². The predicted molar refractivity (Wildman–Crippen MR) is 55.6 cm³/mol. The number of aryl methyl sites for hydroxylation is 1. The summed E-state index contributed by atoms with van der Waals surface area (Å²) in [5, 5.41) is 0. The minimum absolute atomic E-state index is 0.200. The minimum Gasteiger partial charge on any atom is -0.354 e. The summed E-state index contributed by atoms with van der Waals surface area (Å²) in [7, 11) is -3.83. The summed E-state index contributed by atoms with van der Waals surface area (Å²) >= 11 is 0. The highest BCUT2D eigenvalue weighted by atomic mass is 32.2. The van der Waals surface area contributed by atoms with Gasteiger partial charge in [-0.1, -0.05) is 12.7 Å². The van der Waals surface area contributed by atoms with E-state index in [4.69, 9.17) is 4.55 Å². The van der Waals surface area contributed by atoms with Crippen LogP contribution in [-0.4, -0.2) is 23.3 Å². The van der Waals surface area contributed by atoms with Crippen molar-refractivity contribution in [3.05, 3.63) is 30.6 Å². The zero-order valence-corrected chi connectivity index (χ0v) is 8.57. The van der Waals surface area contributed by atoms with E-state index in [1.54, 1.807) is 6.08 Å². The summed E-state index contributed by atoms with van der Waals surface area (Å²) in [6, 6.07) is 1.89. The Morgan fingerprint density at radius 2 is 2.29 bits per heavy atom. The van der Waals surface area contributed by atoms with E-state index in [1.165, 1.54) is 0 Å². The molecule has 0 aliphatic carbocycles. The number of aromatic nitrogens is 1. The fourth-order valence-corrected chi connectivity index (χ4v) is 1.64. The smallest absolute Gasteiger partial charge is 0.264 e. The van der Waals surface area contributed by atoms with Crippen molar-refractivity contribution in [3.63, 3.8) is 0 Å². The van der Waals surface area contributed by atoms with Crippen molar-refractivity contribution in [1.82, 2.24) is 4.57 Å². The largest absolute Gasteiger partial charge is 0.354 e. The topological polar surface area (TPSA) is 59.3 Å². The second-order valence-corrected chi connectivity index (χ2v) is 4.60. The van der Waals surface area contributed by atoms with Gasteiger partial charge in [0.2, 0.25) is 0 Å². The highest BCUT2D eigenvalue weighted by Crippen LogP contribution is 2.03. The predicted octanol–water partition coefficient (Wildman–Crippen LogP) is 1.41. The first kappa shape index (κ1) is 11.0. The van der Waals surface area contributed by atoms with Crippen LogP contribution in [0.1, 0.15) is 12.0 Å². The van der Waals surface area contributed by atoms with E-state index < -0.39 is 10.1 Å². The highest BCUT2D eigenvalue weighted by Gasteiger charge is 2.03. The molecular weight excluding hydrogens is 202 g/mol. The molecule has 0 aromatic carbocycles. The van der Waals surface area contributed by atoms with Crippen molar-refractivity contribution in [2.24, 2.45) is 0 Å². The van der Waals surface area contributed by atoms with E-state index in [2.05, 4.69) is 6.58 Å². The summed E-state index contributed by atoms with van der Waals surface area (Å²) in [5.74, 6) is -0.200. The monoisotopic (exact) mass is 215 g/mol. The number of hydrogen-bond acceptors (Lipinski definition) is 2. The SMILES string of the molecule is C=Cc1ccn(CCCS(=O)(=O)O)c1. The molecule has 78 valence electrons. The van der Waals surface area contributed by atoms with E-state index in [0.717, 1.165) is 5.56 Å². The van der Waals surface area contributed by atoms with E-state index in [1.807, 2.05) is 23.0 Å². The van der Waals surface area contributed by atoms with Gasteiger partial charge in [-0.05, 0) is 18.1 Å². The van der Waals surface area contributed by atoms with Gasteiger partial charge in [-0.15, -0.1) is 0 Å². The molecule has 0 atom stereocenters. The van der Waals surface area contributed by atoms with Crippen LogP contribution in [0.4, 0.5) is 0 Å². The molecule has 1 aromatic rings. The summed E-state index contributed by atoms with van der Waals surface area (Å²) in [6.45, 7) is 4.19. The first-order chi connectivity index (χ1) is 6.51. The van der Waals surface area contributed by atoms with Crippen LogP contribution in [0.2, 0.25) is 0 Å². The Bertz CT molecular complexity index is 405. The lowest BCUT2D eigenvalue weighted by atomic mass is 10.3. The molecule has 14 heavy (non-hydrogen) atoms. The average Bonchev–Trinajstić information content (AvgIpc) is 2.50. The number of rotatable bonds is 5. The molecule has 0 unspecified atom stereocenters. The molecule has 0 bridgehead atoms. The molecule has 4 nitrogen and oxygen atoms in total. The molecule has 0 aliphatic heterocycles. The standard InChI is InChI=1S/C9H13NO3S/c1-2-9-4-6-10(8-9)5-3-7-14(11,12)13/h2,4,6,8H,1,3,5,7H2,(H,11,12,13). The highest BCUT2D eigenvalue weighted by molar-refractivity contribution is 7.85. The molecule has 0 aliphatic rings. The third kappa shape index (κ3) is 3.76. The average molecular weight is 215 g/mol. The second-order valence-electron chi connectivity index (χ2n) is 3.03. The van der Waals surface area contributed by atoms with Gasteiger partial charge in [0.15, 0.2) is 0 Å². The molecule has 1 N–H and O–H groups in total. The van der Waals surface area contributed by atoms with Crippen molar-refractivity contribution in [1.29, 1.82) is 0 Å². The lowest BCUT2D eigenvalue weighted by Gasteiger charge is -2.00. The molecule has 0 saturated carbocycles. The van der Waals surface area contributed by atoms with Gasteiger partial charge >= 0.3 is 0 Å². The molecule has 5 heteroatoms. The Morgan fingerprint density at radius 1 is 1.57 bits per heavy atom. The van der Waals surface area contributed by atoms with Crippen LogP contribution in [-0.2, 0) is 16.7 Å². The maximum absolute atomic E-state index is 10.4. The second kappa shape index (κ2) is 4.43. The zero-order valence-electron chi connectivity index (χ0n) is 7.76. The van der Waals surface area contributed by atoms with Crippen LogP contribution in [0.5, 0.6) is 0 Å². The van der Waals surface area contributed by atoms with Crippen LogP contribution < -0.4 is 0 Å². The molecular formula is C9H13NO3S. The zero-order chi connectivity index (χ0) is 10.6. The summed E-state index contributed by atoms with van der Waals surface area (Å²) in [5.41, 5.74) is 0.997. The fraction of sp³-hybridized carbons (Fsp3) is 0.333. The Balaban J connectivity index is 2.42. The summed E-state index contributed by atoms with van der Waals surface area (Å²) in [4.78, 5) is 0. The van der Waals surface area contributed by atoms with Gasteiger partial charge < -0.3 is 4.57 Å². The van der Waals surface area contributed by atoms with Gasteiger partial charge in [-0.3, -0.25) is 4.55 Å². The van der Waals surface area contributed by atoms with Crippen molar-refractivity contribution in [3.8, 4) is 0 Å². The summed E-state index contributed by atoms with van der Waals surface area (Å²) < 4.78 is 31.2. The van der Waals surface area contributed by atoms with Crippen LogP contribution in [0.25, 0.3) is 6.08 Å². The Labute approximate surface area is 83.6 Å². The Kier molecular flexibility index (Phi) is 3.49. The third-order valence-corrected chi connectivity index (χ3v) is 2.63. The quantitative estimate of drug-likeness (QED) is 0.755. The molecule has 0 amide bonds.